The van der Waals surface area contributed by atoms with Gasteiger partial charge in [0, 0.05) is 18.4 Å². The molecule has 180 valence electrons. The van der Waals surface area contributed by atoms with E-state index < -0.39 is 0 Å². The first kappa shape index (κ1) is 24.6. The van der Waals surface area contributed by atoms with Crippen molar-refractivity contribution in [1.82, 2.24) is 9.88 Å². The molecule has 1 aromatic carbocycles. The summed E-state index contributed by atoms with van der Waals surface area (Å²) < 4.78 is 11.4. The number of carbonyl (C=O) groups excluding carboxylic acids is 1. The molecule has 2 aromatic rings. The van der Waals surface area contributed by atoms with Gasteiger partial charge in [-0.3, -0.25) is 14.7 Å². The first-order chi connectivity index (χ1) is 16.6. The molecule has 2 fully saturated rings. The Balaban J connectivity index is 1.64. The SMILES string of the molecule is CCCCOc1ccc(/C=C2\SC(=Nc3ccncc3Cl)N(C3CCCCC3)C2=O)cc1OC. The lowest BCUT2D eigenvalue weighted by atomic mass is 9.94. The van der Waals surface area contributed by atoms with Crippen molar-refractivity contribution in [1.29, 1.82) is 0 Å². The lowest BCUT2D eigenvalue weighted by molar-refractivity contribution is -0.124. The first-order valence-corrected chi connectivity index (χ1v) is 13.0. The molecule has 0 bridgehead atoms. The highest BCUT2D eigenvalue weighted by atomic mass is 35.5. The number of ether oxygens (including phenoxy) is 2. The highest BCUT2D eigenvalue weighted by Gasteiger charge is 2.38. The zero-order valence-electron chi connectivity index (χ0n) is 19.6. The zero-order valence-corrected chi connectivity index (χ0v) is 21.2. The highest BCUT2D eigenvalue weighted by Crippen LogP contribution is 2.40. The van der Waals surface area contributed by atoms with Crippen LogP contribution in [0, 0.1) is 0 Å². The summed E-state index contributed by atoms with van der Waals surface area (Å²) in [7, 11) is 1.63. The van der Waals surface area contributed by atoms with Crippen LogP contribution in [0.1, 0.15) is 57.4 Å². The second-order valence-electron chi connectivity index (χ2n) is 8.41. The van der Waals surface area contributed by atoms with E-state index in [1.165, 1.54) is 18.2 Å². The number of aromatic nitrogens is 1. The van der Waals surface area contributed by atoms with Crippen molar-refractivity contribution in [3.8, 4) is 11.5 Å². The molecule has 1 aliphatic carbocycles. The standard InChI is InChI=1S/C26H30ClN3O3S/c1-3-4-14-33-22-11-10-18(15-23(22)32-2)16-24-25(31)30(19-8-6-5-7-9-19)26(34-24)29-21-12-13-28-17-20(21)27/h10-13,15-17,19H,3-9,14H2,1-2H3/b24-16-,29-26?. The summed E-state index contributed by atoms with van der Waals surface area (Å²) in [5, 5.41) is 1.13. The molecule has 1 amide bonds. The molecule has 1 saturated heterocycles. The topological polar surface area (TPSA) is 64.0 Å². The van der Waals surface area contributed by atoms with Crippen LogP contribution in [0.15, 0.2) is 46.6 Å². The average Bonchev–Trinajstić information content (AvgIpc) is 3.16. The Morgan fingerprint density at radius 3 is 2.79 bits per heavy atom. The van der Waals surface area contributed by atoms with Gasteiger partial charge in [0.2, 0.25) is 0 Å². The fourth-order valence-corrected chi connectivity index (χ4v) is 5.37. The number of benzene rings is 1. The molecule has 1 aromatic heterocycles. The van der Waals surface area contributed by atoms with E-state index >= 15 is 0 Å². The molecule has 1 aliphatic heterocycles. The third-order valence-corrected chi connectivity index (χ3v) is 7.26. The number of thioether (sulfide) groups is 1. The van der Waals surface area contributed by atoms with Crippen molar-refractivity contribution >= 4 is 46.2 Å². The zero-order chi connectivity index (χ0) is 23.9. The molecule has 0 N–H and O–H groups in total. The highest BCUT2D eigenvalue weighted by molar-refractivity contribution is 8.18. The van der Waals surface area contributed by atoms with Crippen molar-refractivity contribution in [3.05, 3.63) is 52.2 Å². The van der Waals surface area contributed by atoms with Crippen molar-refractivity contribution < 1.29 is 14.3 Å². The molecule has 0 atom stereocenters. The van der Waals surface area contributed by atoms with Crippen LogP contribution in [0.3, 0.4) is 0 Å². The minimum absolute atomic E-state index is 0.0110. The number of unbranched alkanes of at least 4 members (excludes halogenated alkanes) is 1. The summed E-state index contributed by atoms with van der Waals surface area (Å²) in [6, 6.07) is 7.67. The minimum atomic E-state index is -0.0110. The number of amidine groups is 1. The van der Waals surface area contributed by atoms with Crippen molar-refractivity contribution in [2.75, 3.05) is 13.7 Å². The molecule has 4 rings (SSSR count). The van der Waals surface area contributed by atoms with Crippen LogP contribution < -0.4 is 9.47 Å². The van der Waals surface area contributed by atoms with Crippen LogP contribution in [-0.2, 0) is 4.79 Å². The number of carbonyl (C=O) groups is 1. The van der Waals surface area contributed by atoms with Gasteiger partial charge in [0.05, 0.1) is 29.3 Å². The normalized spacial score (nSPS) is 19.3. The summed E-state index contributed by atoms with van der Waals surface area (Å²) in [5.74, 6) is 1.35. The predicted octanol–water partition coefficient (Wildman–Crippen LogP) is 6.86. The minimum Gasteiger partial charge on any atom is -0.493 e. The maximum absolute atomic E-state index is 13.5. The van der Waals surface area contributed by atoms with Crippen LogP contribution in [0.2, 0.25) is 5.02 Å². The van der Waals surface area contributed by atoms with Gasteiger partial charge in [0.1, 0.15) is 0 Å². The maximum atomic E-state index is 13.5. The molecule has 8 heteroatoms. The molecule has 6 nitrogen and oxygen atoms in total. The van der Waals surface area contributed by atoms with Crippen LogP contribution in [-0.4, -0.2) is 40.7 Å². The van der Waals surface area contributed by atoms with Gasteiger partial charge in [-0.05, 0) is 60.9 Å². The number of methoxy groups -OCH3 is 1. The summed E-state index contributed by atoms with van der Waals surface area (Å²) in [6.07, 6.45) is 12.6. The Hall–Kier alpha value is -2.51. The first-order valence-electron chi connectivity index (χ1n) is 11.8. The second kappa shape index (κ2) is 11.8. The fraction of sp³-hybridized carbons (Fsp3) is 0.423. The molecule has 2 aliphatic rings. The van der Waals surface area contributed by atoms with Gasteiger partial charge in [0.25, 0.3) is 5.91 Å². The molecule has 0 radical (unpaired) electrons. The van der Waals surface area contributed by atoms with Crippen LogP contribution in [0.4, 0.5) is 5.69 Å². The number of rotatable bonds is 8. The number of pyridine rings is 1. The van der Waals surface area contributed by atoms with E-state index in [4.69, 9.17) is 26.1 Å². The number of nitrogens with zero attached hydrogens (tertiary/aromatic N) is 3. The monoisotopic (exact) mass is 499 g/mol. The van der Waals surface area contributed by atoms with E-state index in [0.717, 1.165) is 44.1 Å². The Morgan fingerprint density at radius 2 is 2.06 bits per heavy atom. The number of hydrogen-bond donors (Lipinski definition) is 0. The average molecular weight is 500 g/mol. The van der Waals surface area contributed by atoms with E-state index in [1.807, 2.05) is 29.2 Å². The Bertz CT molecular complexity index is 1080. The van der Waals surface area contributed by atoms with E-state index in [-0.39, 0.29) is 11.9 Å². The van der Waals surface area contributed by atoms with Crippen molar-refractivity contribution in [2.45, 2.75) is 57.9 Å². The number of halogens is 1. The van der Waals surface area contributed by atoms with Crippen LogP contribution >= 0.6 is 23.4 Å². The smallest absolute Gasteiger partial charge is 0.267 e. The Morgan fingerprint density at radius 1 is 1.24 bits per heavy atom. The largest absolute Gasteiger partial charge is 0.493 e. The second-order valence-corrected chi connectivity index (χ2v) is 9.83. The van der Waals surface area contributed by atoms with Gasteiger partial charge in [-0.1, -0.05) is 50.3 Å². The molecular formula is C26H30ClN3O3S. The third kappa shape index (κ3) is 5.76. The maximum Gasteiger partial charge on any atom is 0.267 e. The lowest BCUT2D eigenvalue weighted by Crippen LogP contribution is -2.40. The van der Waals surface area contributed by atoms with E-state index in [2.05, 4.69) is 11.9 Å². The quantitative estimate of drug-likeness (QED) is 0.293. The van der Waals surface area contributed by atoms with E-state index in [1.54, 1.807) is 25.6 Å². The van der Waals surface area contributed by atoms with Crippen LogP contribution in [0.5, 0.6) is 11.5 Å². The number of aliphatic imine (C=N–C) groups is 1. The molecule has 0 unspecified atom stereocenters. The van der Waals surface area contributed by atoms with Crippen LogP contribution in [0.25, 0.3) is 6.08 Å². The third-order valence-electron chi connectivity index (χ3n) is 5.98. The Labute approximate surface area is 210 Å². The summed E-state index contributed by atoms with van der Waals surface area (Å²) in [6.45, 7) is 2.78. The fourth-order valence-electron chi connectivity index (χ4n) is 4.16. The van der Waals surface area contributed by atoms with E-state index in [0.29, 0.717) is 38.9 Å². The van der Waals surface area contributed by atoms with E-state index in [9.17, 15) is 4.79 Å². The molecular weight excluding hydrogens is 470 g/mol. The van der Waals surface area contributed by atoms with Gasteiger partial charge < -0.3 is 9.47 Å². The number of amides is 1. The molecule has 34 heavy (non-hydrogen) atoms. The predicted molar refractivity (Wildman–Crippen MR) is 139 cm³/mol. The summed E-state index contributed by atoms with van der Waals surface area (Å²) in [5.41, 5.74) is 1.49. The van der Waals surface area contributed by atoms with Crippen molar-refractivity contribution in [3.63, 3.8) is 0 Å². The molecule has 2 heterocycles. The van der Waals surface area contributed by atoms with Gasteiger partial charge in [0.15, 0.2) is 16.7 Å². The van der Waals surface area contributed by atoms with Crippen molar-refractivity contribution in [2.24, 2.45) is 4.99 Å². The lowest BCUT2D eigenvalue weighted by Gasteiger charge is -2.30. The molecule has 0 spiro atoms. The molecule has 1 saturated carbocycles. The van der Waals surface area contributed by atoms with Gasteiger partial charge in [-0.15, -0.1) is 0 Å². The summed E-state index contributed by atoms with van der Waals surface area (Å²) in [4.78, 5) is 24.9. The van der Waals surface area contributed by atoms with Gasteiger partial charge >= 0.3 is 0 Å². The van der Waals surface area contributed by atoms with Gasteiger partial charge in [-0.2, -0.15) is 0 Å². The van der Waals surface area contributed by atoms with Gasteiger partial charge in [-0.25, -0.2) is 4.99 Å². The Kier molecular flexibility index (Phi) is 8.51. The number of hydrogen-bond acceptors (Lipinski definition) is 6. The summed E-state index contributed by atoms with van der Waals surface area (Å²) >= 11 is 7.70.